The molecule has 1 aromatic heterocycles. The van der Waals surface area contributed by atoms with Crippen LogP contribution < -0.4 is 5.32 Å². The Morgan fingerprint density at radius 1 is 1.17 bits per heavy atom. The lowest BCUT2D eigenvalue weighted by molar-refractivity contribution is -0.121. The molecule has 1 heterocycles. The van der Waals surface area contributed by atoms with E-state index in [2.05, 4.69) is 24.4 Å². The predicted octanol–water partition coefficient (Wildman–Crippen LogP) is 3.54. The first-order valence-corrected chi connectivity index (χ1v) is 7.98. The van der Waals surface area contributed by atoms with E-state index in [0.29, 0.717) is 6.54 Å². The van der Waals surface area contributed by atoms with E-state index in [-0.39, 0.29) is 12.5 Å². The van der Waals surface area contributed by atoms with Crippen molar-refractivity contribution < 1.29 is 4.79 Å². The lowest BCUT2D eigenvalue weighted by Gasteiger charge is -2.10. The number of amides is 1. The van der Waals surface area contributed by atoms with E-state index in [0.717, 1.165) is 28.8 Å². The van der Waals surface area contributed by atoms with Crippen LogP contribution in [-0.4, -0.2) is 22.0 Å². The van der Waals surface area contributed by atoms with Gasteiger partial charge in [0.25, 0.3) is 0 Å². The summed E-state index contributed by atoms with van der Waals surface area (Å²) < 4.78 is 2.00. The third-order valence-electron chi connectivity index (χ3n) is 3.80. The molecule has 4 heteroatoms. The average Bonchev–Trinajstić information content (AvgIpc) is 2.92. The number of aryl methyl sites for hydroxylation is 1. The number of benzene rings is 2. The van der Waals surface area contributed by atoms with Crippen LogP contribution in [0.25, 0.3) is 22.4 Å². The molecule has 0 bridgehead atoms. The zero-order chi connectivity index (χ0) is 16.2. The van der Waals surface area contributed by atoms with Crippen LogP contribution in [0.15, 0.2) is 48.5 Å². The molecule has 2 aromatic carbocycles. The van der Waals surface area contributed by atoms with Crippen LogP contribution in [0.2, 0.25) is 0 Å². The molecule has 0 unspecified atom stereocenters. The normalized spacial score (nSPS) is 10.9. The summed E-state index contributed by atoms with van der Waals surface area (Å²) >= 11 is 0. The predicted molar refractivity (Wildman–Crippen MR) is 93.2 cm³/mol. The van der Waals surface area contributed by atoms with Gasteiger partial charge < -0.3 is 9.88 Å². The summed E-state index contributed by atoms with van der Waals surface area (Å²) in [5.41, 5.74) is 4.10. The largest absolute Gasteiger partial charge is 0.355 e. The second-order valence-electron chi connectivity index (χ2n) is 5.73. The molecule has 4 nitrogen and oxygen atoms in total. The number of para-hydroxylation sites is 2. The Bertz CT molecular complexity index is 836. The number of rotatable bonds is 5. The summed E-state index contributed by atoms with van der Waals surface area (Å²) in [5.74, 6) is 0.852. The Labute approximate surface area is 136 Å². The molecule has 0 aliphatic rings. The van der Waals surface area contributed by atoms with Crippen LogP contribution >= 0.6 is 0 Å². The minimum absolute atomic E-state index is 0.0175. The third-order valence-corrected chi connectivity index (χ3v) is 3.80. The van der Waals surface area contributed by atoms with Gasteiger partial charge in [-0.15, -0.1) is 0 Å². The van der Waals surface area contributed by atoms with Crippen molar-refractivity contribution in [2.24, 2.45) is 0 Å². The fraction of sp³-hybridized carbons (Fsp3) is 0.263. The Kier molecular flexibility index (Phi) is 4.42. The SMILES string of the molecule is CCCNC(=O)Cn1c(-c2cccc(C)c2)nc2ccccc21. The topological polar surface area (TPSA) is 46.9 Å². The molecule has 0 saturated carbocycles. The number of nitrogens with zero attached hydrogens (tertiary/aromatic N) is 2. The van der Waals surface area contributed by atoms with E-state index in [1.807, 2.05) is 47.9 Å². The van der Waals surface area contributed by atoms with E-state index < -0.39 is 0 Å². The van der Waals surface area contributed by atoms with Crippen molar-refractivity contribution in [1.82, 2.24) is 14.9 Å². The van der Waals surface area contributed by atoms with Crippen molar-refractivity contribution in [3.05, 3.63) is 54.1 Å². The van der Waals surface area contributed by atoms with E-state index in [9.17, 15) is 4.79 Å². The van der Waals surface area contributed by atoms with Crippen molar-refractivity contribution in [2.75, 3.05) is 6.54 Å². The van der Waals surface area contributed by atoms with Gasteiger partial charge in [0.05, 0.1) is 11.0 Å². The average molecular weight is 307 g/mol. The van der Waals surface area contributed by atoms with Crippen molar-refractivity contribution in [1.29, 1.82) is 0 Å². The second-order valence-corrected chi connectivity index (χ2v) is 5.73. The highest BCUT2D eigenvalue weighted by atomic mass is 16.1. The quantitative estimate of drug-likeness (QED) is 0.783. The van der Waals surface area contributed by atoms with Crippen LogP contribution in [0.5, 0.6) is 0 Å². The van der Waals surface area contributed by atoms with Crippen molar-refractivity contribution in [3.63, 3.8) is 0 Å². The van der Waals surface area contributed by atoms with Crippen LogP contribution in [0.3, 0.4) is 0 Å². The molecule has 0 fully saturated rings. The molecule has 118 valence electrons. The molecule has 0 saturated heterocycles. The molecular formula is C19H21N3O. The van der Waals surface area contributed by atoms with Crippen LogP contribution in [-0.2, 0) is 11.3 Å². The number of nitrogens with one attached hydrogen (secondary N) is 1. The number of hydrogen-bond acceptors (Lipinski definition) is 2. The molecular weight excluding hydrogens is 286 g/mol. The maximum absolute atomic E-state index is 12.2. The molecule has 23 heavy (non-hydrogen) atoms. The van der Waals surface area contributed by atoms with Gasteiger partial charge in [0.2, 0.25) is 5.91 Å². The summed E-state index contributed by atoms with van der Waals surface area (Å²) in [4.78, 5) is 16.9. The molecule has 0 radical (unpaired) electrons. The highest BCUT2D eigenvalue weighted by molar-refractivity contribution is 5.84. The van der Waals surface area contributed by atoms with Gasteiger partial charge in [-0.2, -0.15) is 0 Å². The molecule has 0 spiro atoms. The first kappa shape index (κ1) is 15.3. The lowest BCUT2D eigenvalue weighted by atomic mass is 10.1. The molecule has 1 amide bonds. The number of fused-ring (bicyclic) bond motifs is 1. The molecule has 3 aromatic rings. The fourth-order valence-electron chi connectivity index (χ4n) is 2.70. The Morgan fingerprint density at radius 3 is 2.78 bits per heavy atom. The maximum Gasteiger partial charge on any atom is 0.240 e. The Hall–Kier alpha value is -2.62. The smallest absolute Gasteiger partial charge is 0.240 e. The molecule has 1 N–H and O–H groups in total. The van der Waals surface area contributed by atoms with Gasteiger partial charge in [-0.1, -0.05) is 42.8 Å². The van der Waals surface area contributed by atoms with Crippen LogP contribution in [0, 0.1) is 6.92 Å². The summed E-state index contributed by atoms with van der Waals surface area (Å²) in [6.45, 7) is 5.09. The molecule has 0 aliphatic carbocycles. The van der Waals surface area contributed by atoms with Gasteiger partial charge in [-0.25, -0.2) is 4.98 Å². The van der Waals surface area contributed by atoms with Crippen molar-refractivity contribution in [3.8, 4) is 11.4 Å². The first-order valence-electron chi connectivity index (χ1n) is 7.98. The van der Waals surface area contributed by atoms with Gasteiger partial charge in [0, 0.05) is 12.1 Å². The number of hydrogen-bond donors (Lipinski definition) is 1. The minimum Gasteiger partial charge on any atom is -0.355 e. The van der Waals surface area contributed by atoms with Crippen molar-refractivity contribution in [2.45, 2.75) is 26.8 Å². The summed E-state index contributed by atoms with van der Waals surface area (Å²) in [5, 5.41) is 2.94. The van der Waals surface area contributed by atoms with E-state index in [4.69, 9.17) is 4.98 Å². The van der Waals surface area contributed by atoms with Gasteiger partial charge in [0.15, 0.2) is 0 Å². The Morgan fingerprint density at radius 2 is 2.00 bits per heavy atom. The number of aromatic nitrogens is 2. The van der Waals surface area contributed by atoms with Crippen LogP contribution in [0.1, 0.15) is 18.9 Å². The molecule has 0 aliphatic heterocycles. The number of carbonyl (C=O) groups is 1. The summed E-state index contributed by atoms with van der Waals surface area (Å²) in [6, 6.07) is 16.2. The number of imidazole rings is 1. The Balaban J connectivity index is 2.06. The molecule has 0 atom stereocenters. The lowest BCUT2D eigenvalue weighted by Crippen LogP contribution is -2.28. The zero-order valence-electron chi connectivity index (χ0n) is 13.5. The van der Waals surface area contributed by atoms with Crippen LogP contribution in [0.4, 0.5) is 0 Å². The third kappa shape index (κ3) is 3.26. The van der Waals surface area contributed by atoms with Gasteiger partial charge >= 0.3 is 0 Å². The highest BCUT2D eigenvalue weighted by Gasteiger charge is 2.14. The van der Waals surface area contributed by atoms with Crippen molar-refractivity contribution >= 4 is 16.9 Å². The minimum atomic E-state index is 0.0175. The maximum atomic E-state index is 12.2. The standard InChI is InChI=1S/C19H21N3O/c1-3-11-20-18(23)13-22-17-10-5-4-9-16(17)21-19(22)15-8-6-7-14(2)12-15/h4-10,12H,3,11,13H2,1-2H3,(H,20,23). The van der Waals surface area contributed by atoms with E-state index in [1.165, 1.54) is 5.56 Å². The zero-order valence-corrected chi connectivity index (χ0v) is 13.5. The summed E-state index contributed by atoms with van der Waals surface area (Å²) in [7, 11) is 0. The van der Waals surface area contributed by atoms with E-state index in [1.54, 1.807) is 0 Å². The van der Waals surface area contributed by atoms with Gasteiger partial charge in [-0.05, 0) is 31.5 Å². The second kappa shape index (κ2) is 6.65. The molecule has 3 rings (SSSR count). The van der Waals surface area contributed by atoms with Gasteiger partial charge in [-0.3, -0.25) is 4.79 Å². The van der Waals surface area contributed by atoms with Gasteiger partial charge in [0.1, 0.15) is 12.4 Å². The highest BCUT2D eigenvalue weighted by Crippen LogP contribution is 2.25. The van der Waals surface area contributed by atoms with E-state index >= 15 is 0 Å². The number of carbonyl (C=O) groups excluding carboxylic acids is 1. The first-order chi connectivity index (χ1) is 11.2. The fourth-order valence-corrected chi connectivity index (χ4v) is 2.70. The monoisotopic (exact) mass is 307 g/mol. The summed E-state index contributed by atoms with van der Waals surface area (Å²) in [6.07, 6.45) is 0.932.